The Hall–Kier alpha value is -0.730. The zero-order valence-electron chi connectivity index (χ0n) is 11.3. The summed E-state index contributed by atoms with van der Waals surface area (Å²) in [6.07, 6.45) is 0. The van der Waals surface area contributed by atoms with Gasteiger partial charge in [0.1, 0.15) is 0 Å². The second kappa shape index (κ2) is 6.82. The summed E-state index contributed by atoms with van der Waals surface area (Å²) < 4.78 is 0. The molecule has 2 rings (SSSR count). The smallest absolute Gasteiger partial charge is 0.0468 e. The normalized spacial score (nSPS) is 14.1. The van der Waals surface area contributed by atoms with Gasteiger partial charge in [-0.2, -0.15) is 0 Å². The molecular weight excluding hydrogens is 313 g/mol. The molecule has 1 N–H and O–H groups in total. The number of benzene rings is 2. The van der Waals surface area contributed by atoms with E-state index in [2.05, 4.69) is 19.2 Å². The van der Waals surface area contributed by atoms with Crippen LogP contribution in [0.3, 0.4) is 0 Å². The van der Waals surface area contributed by atoms with Crippen LogP contribution in [0.5, 0.6) is 0 Å². The van der Waals surface area contributed by atoms with Crippen molar-refractivity contribution in [1.29, 1.82) is 0 Å². The molecule has 0 aliphatic rings. The number of hydrogen-bond donors (Lipinski definition) is 1. The molecule has 2 unspecified atom stereocenters. The number of nitrogens with one attached hydrogen (secondary N) is 1. The maximum atomic E-state index is 6.23. The molecule has 0 saturated carbocycles. The Kier molecular flexibility index (Phi) is 5.34. The first-order chi connectivity index (χ1) is 9.47. The van der Waals surface area contributed by atoms with Gasteiger partial charge in [-0.3, -0.25) is 0 Å². The number of hydrogen-bond acceptors (Lipinski definition) is 1. The van der Waals surface area contributed by atoms with Crippen LogP contribution < -0.4 is 5.32 Å². The van der Waals surface area contributed by atoms with Crippen LogP contribution in [0, 0.1) is 0 Å². The molecule has 0 fully saturated rings. The molecular formula is C16H16Cl3N. The molecule has 1 nitrogen and oxygen atoms in total. The zero-order valence-corrected chi connectivity index (χ0v) is 13.6. The third-order valence-electron chi connectivity index (χ3n) is 3.30. The molecule has 106 valence electrons. The van der Waals surface area contributed by atoms with E-state index in [0.717, 1.165) is 10.6 Å². The van der Waals surface area contributed by atoms with Crippen LogP contribution in [0.25, 0.3) is 0 Å². The van der Waals surface area contributed by atoms with E-state index in [0.29, 0.717) is 10.0 Å². The molecule has 20 heavy (non-hydrogen) atoms. The van der Waals surface area contributed by atoms with Gasteiger partial charge in [0.25, 0.3) is 0 Å². The topological polar surface area (TPSA) is 12.0 Å². The van der Waals surface area contributed by atoms with E-state index >= 15 is 0 Å². The molecule has 0 radical (unpaired) electrons. The summed E-state index contributed by atoms with van der Waals surface area (Å²) in [4.78, 5) is 0. The molecule has 0 aliphatic heterocycles. The standard InChI is InChI=1S/C16H16Cl3N/c1-10(12-3-5-13(17)6-4-12)20-11(2)15-8-7-14(18)9-16(15)19/h3-11,20H,1-2H3. The van der Waals surface area contributed by atoms with E-state index in [-0.39, 0.29) is 12.1 Å². The highest BCUT2D eigenvalue weighted by molar-refractivity contribution is 6.35. The lowest BCUT2D eigenvalue weighted by atomic mass is 10.0. The van der Waals surface area contributed by atoms with Crippen LogP contribution in [0.4, 0.5) is 0 Å². The van der Waals surface area contributed by atoms with Crippen molar-refractivity contribution in [2.45, 2.75) is 25.9 Å². The van der Waals surface area contributed by atoms with Crippen LogP contribution in [0.2, 0.25) is 15.1 Å². The molecule has 0 spiro atoms. The van der Waals surface area contributed by atoms with Gasteiger partial charge >= 0.3 is 0 Å². The predicted molar refractivity (Wildman–Crippen MR) is 87.9 cm³/mol. The Morgan fingerprint density at radius 1 is 0.800 bits per heavy atom. The summed E-state index contributed by atoms with van der Waals surface area (Å²) in [6, 6.07) is 13.8. The molecule has 0 saturated heterocycles. The minimum absolute atomic E-state index is 0.130. The van der Waals surface area contributed by atoms with Crippen molar-refractivity contribution in [2.24, 2.45) is 0 Å². The van der Waals surface area contributed by atoms with Crippen LogP contribution in [-0.2, 0) is 0 Å². The third kappa shape index (κ3) is 3.89. The van der Waals surface area contributed by atoms with Gasteiger partial charge < -0.3 is 5.32 Å². The monoisotopic (exact) mass is 327 g/mol. The Bertz CT molecular complexity index is 581. The number of rotatable bonds is 4. The predicted octanol–water partition coefficient (Wildman–Crippen LogP) is 6.06. The van der Waals surface area contributed by atoms with Gasteiger partial charge in [0.05, 0.1) is 0 Å². The average molecular weight is 329 g/mol. The summed E-state index contributed by atoms with van der Waals surface area (Å²) in [5.74, 6) is 0. The maximum Gasteiger partial charge on any atom is 0.0468 e. The van der Waals surface area contributed by atoms with Crippen molar-refractivity contribution in [3.05, 3.63) is 68.7 Å². The van der Waals surface area contributed by atoms with Gasteiger partial charge in [-0.1, -0.05) is 53.0 Å². The Labute approximate surface area is 134 Å². The molecule has 2 atom stereocenters. The van der Waals surface area contributed by atoms with E-state index < -0.39 is 0 Å². The van der Waals surface area contributed by atoms with Gasteiger partial charge in [0, 0.05) is 27.2 Å². The zero-order chi connectivity index (χ0) is 14.7. The van der Waals surface area contributed by atoms with Crippen LogP contribution in [0.1, 0.15) is 37.1 Å². The minimum Gasteiger partial charge on any atom is -0.304 e. The fraction of sp³-hybridized carbons (Fsp3) is 0.250. The van der Waals surface area contributed by atoms with E-state index in [4.69, 9.17) is 34.8 Å². The fourth-order valence-electron chi connectivity index (χ4n) is 2.17. The lowest BCUT2D eigenvalue weighted by Crippen LogP contribution is -2.22. The molecule has 0 amide bonds. The van der Waals surface area contributed by atoms with Gasteiger partial charge in [-0.25, -0.2) is 0 Å². The second-order valence-electron chi connectivity index (χ2n) is 4.83. The largest absolute Gasteiger partial charge is 0.304 e. The molecule has 0 bridgehead atoms. The lowest BCUT2D eigenvalue weighted by Gasteiger charge is -2.21. The molecule has 4 heteroatoms. The number of halogens is 3. The highest BCUT2D eigenvalue weighted by atomic mass is 35.5. The van der Waals surface area contributed by atoms with Crippen LogP contribution >= 0.6 is 34.8 Å². The molecule has 0 heterocycles. The average Bonchev–Trinajstić information content (AvgIpc) is 2.39. The van der Waals surface area contributed by atoms with Crippen molar-refractivity contribution in [3.8, 4) is 0 Å². The van der Waals surface area contributed by atoms with Gasteiger partial charge in [0.2, 0.25) is 0 Å². The van der Waals surface area contributed by atoms with Crippen LogP contribution in [-0.4, -0.2) is 0 Å². The highest BCUT2D eigenvalue weighted by Crippen LogP contribution is 2.28. The fourth-order valence-corrected chi connectivity index (χ4v) is 2.86. The second-order valence-corrected chi connectivity index (χ2v) is 6.11. The Morgan fingerprint density at radius 2 is 1.40 bits per heavy atom. The van der Waals surface area contributed by atoms with Crippen molar-refractivity contribution in [1.82, 2.24) is 5.32 Å². The van der Waals surface area contributed by atoms with Crippen molar-refractivity contribution >= 4 is 34.8 Å². The van der Waals surface area contributed by atoms with Gasteiger partial charge in [-0.15, -0.1) is 0 Å². The molecule has 0 aliphatic carbocycles. The summed E-state index contributed by atoms with van der Waals surface area (Å²) in [6.45, 7) is 4.20. The third-order valence-corrected chi connectivity index (χ3v) is 4.11. The van der Waals surface area contributed by atoms with Crippen molar-refractivity contribution < 1.29 is 0 Å². The Morgan fingerprint density at radius 3 is 2.00 bits per heavy atom. The first kappa shape index (κ1) is 15.7. The summed E-state index contributed by atoms with van der Waals surface area (Å²) in [7, 11) is 0. The first-order valence-corrected chi connectivity index (χ1v) is 7.57. The Balaban J connectivity index is 2.10. The van der Waals surface area contributed by atoms with Gasteiger partial charge in [-0.05, 0) is 49.2 Å². The van der Waals surface area contributed by atoms with Crippen molar-refractivity contribution in [3.63, 3.8) is 0 Å². The van der Waals surface area contributed by atoms with E-state index in [1.54, 1.807) is 6.07 Å². The van der Waals surface area contributed by atoms with Crippen molar-refractivity contribution in [2.75, 3.05) is 0 Å². The molecule has 2 aromatic rings. The minimum atomic E-state index is 0.130. The van der Waals surface area contributed by atoms with E-state index in [1.807, 2.05) is 36.4 Å². The highest BCUT2D eigenvalue weighted by Gasteiger charge is 2.13. The summed E-state index contributed by atoms with van der Waals surface area (Å²) in [5.41, 5.74) is 2.23. The first-order valence-electron chi connectivity index (χ1n) is 6.44. The van der Waals surface area contributed by atoms with Gasteiger partial charge in [0.15, 0.2) is 0 Å². The van der Waals surface area contributed by atoms with E-state index in [9.17, 15) is 0 Å². The molecule has 0 aromatic heterocycles. The van der Waals surface area contributed by atoms with Crippen LogP contribution in [0.15, 0.2) is 42.5 Å². The maximum absolute atomic E-state index is 6.23. The molecule has 2 aromatic carbocycles. The summed E-state index contributed by atoms with van der Waals surface area (Å²) >= 11 is 18.1. The van der Waals surface area contributed by atoms with E-state index in [1.165, 1.54) is 5.56 Å². The lowest BCUT2D eigenvalue weighted by molar-refractivity contribution is 0.495. The SMILES string of the molecule is CC(NC(C)c1ccc(Cl)cc1Cl)c1ccc(Cl)cc1. The quantitative estimate of drug-likeness (QED) is 0.719. The summed E-state index contributed by atoms with van der Waals surface area (Å²) in [5, 5.41) is 5.60.